The normalized spacial score (nSPS) is 11.2. The minimum Gasteiger partial charge on any atom is -0.330 e. The Morgan fingerprint density at radius 2 is 1.80 bits per heavy atom. The molecular formula is C15H12F2N2S. The number of nitrogens with zero attached hydrogens (tertiary/aromatic N) is 1. The van der Waals surface area contributed by atoms with Crippen molar-refractivity contribution in [1.82, 2.24) is 9.55 Å². The number of hydrogen-bond donors (Lipinski definition) is 1. The van der Waals surface area contributed by atoms with Crippen molar-refractivity contribution in [2.75, 3.05) is 0 Å². The van der Waals surface area contributed by atoms with Gasteiger partial charge in [-0.05, 0) is 61.5 Å². The maximum atomic E-state index is 14.1. The molecule has 1 heterocycles. The van der Waals surface area contributed by atoms with Crippen molar-refractivity contribution < 1.29 is 8.78 Å². The Kier molecular flexibility index (Phi) is 2.94. The monoisotopic (exact) mass is 290 g/mol. The molecule has 0 bridgehead atoms. The Bertz CT molecular complexity index is 877. The molecule has 0 saturated heterocycles. The first-order chi connectivity index (χ1) is 9.49. The van der Waals surface area contributed by atoms with Gasteiger partial charge >= 0.3 is 0 Å². The van der Waals surface area contributed by atoms with Crippen LogP contribution >= 0.6 is 12.2 Å². The lowest BCUT2D eigenvalue weighted by Crippen LogP contribution is -1.98. The third-order valence-electron chi connectivity index (χ3n) is 3.49. The van der Waals surface area contributed by atoms with Crippen molar-refractivity contribution >= 4 is 23.3 Å². The zero-order valence-corrected chi connectivity index (χ0v) is 11.8. The van der Waals surface area contributed by atoms with E-state index in [0.29, 0.717) is 16.0 Å². The number of fused-ring (bicyclic) bond motifs is 1. The molecule has 0 unspecified atom stereocenters. The van der Waals surface area contributed by atoms with Crippen LogP contribution in [0.15, 0.2) is 30.3 Å². The molecule has 0 aliphatic heterocycles. The van der Waals surface area contributed by atoms with Gasteiger partial charge in [-0.2, -0.15) is 0 Å². The van der Waals surface area contributed by atoms with Crippen LogP contribution in [0.1, 0.15) is 11.1 Å². The largest absolute Gasteiger partial charge is 0.330 e. The molecular weight excluding hydrogens is 278 g/mol. The molecule has 2 nitrogen and oxygen atoms in total. The average molecular weight is 290 g/mol. The lowest BCUT2D eigenvalue weighted by atomic mass is 10.1. The first kappa shape index (κ1) is 13.0. The van der Waals surface area contributed by atoms with Crippen molar-refractivity contribution in [2.45, 2.75) is 13.8 Å². The maximum Gasteiger partial charge on any atom is 0.184 e. The van der Waals surface area contributed by atoms with Crippen LogP contribution < -0.4 is 0 Å². The minimum absolute atomic E-state index is 0.137. The van der Waals surface area contributed by atoms with E-state index in [2.05, 4.69) is 4.98 Å². The summed E-state index contributed by atoms with van der Waals surface area (Å²) in [6.07, 6.45) is 0. The van der Waals surface area contributed by atoms with Gasteiger partial charge in [-0.15, -0.1) is 0 Å². The predicted molar refractivity (Wildman–Crippen MR) is 77.8 cm³/mol. The molecule has 0 atom stereocenters. The van der Waals surface area contributed by atoms with Crippen LogP contribution in [-0.4, -0.2) is 9.55 Å². The molecule has 3 rings (SSSR count). The number of benzene rings is 2. The predicted octanol–water partition coefficient (Wildman–Crippen LogP) is 4.58. The molecule has 5 heteroatoms. The van der Waals surface area contributed by atoms with Gasteiger partial charge in [-0.25, -0.2) is 8.78 Å². The second-order valence-corrected chi connectivity index (χ2v) is 5.18. The molecule has 0 aliphatic rings. The zero-order chi connectivity index (χ0) is 14.4. The molecule has 0 spiro atoms. The summed E-state index contributed by atoms with van der Waals surface area (Å²) in [5.41, 5.74) is 3.53. The number of halogens is 2. The van der Waals surface area contributed by atoms with E-state index in [0.717, 1.165) is 17.2 Å². The van der Waals surface area contributed by atoms with Crippen LogP contribution in [0.4, 0.5) is 8.78 Å². The molecule has 0 saturated carbocycles. The van der Waals surface area contributed by atoms with Gasteiger partial charge in [-0.1, -0.05) is 6.07 Å². The smallest absolute Gasteiger partial charge is 0.184 e. The third kappa shape index (κ3) is 1.86. The van der Waals surface area contributed by atoms with Crippen molar-refractivity contribution in [1.29, 1.82) is 0 Å². The van der Waals surface area contributed by atoms with E-state index in [-0.39, 0.29) is 5.52 Å². The van der Waals surface area contributed by atoms with Crippen LogP contribution in [0.25, 0.3) is 16.7 Å². The summed E-state index contributed by atoms with van der Waals surface area (Å²) in [5, 5.41) is 0. The average Bonchev–Trinajstić information content (AvgIpc) is 2.74. The fourth-order valence-corrected chi connectivity index (χ4v) is 2.55. The summed E-state index contributed by atoms with van der Waals surface area (Å²) in [5.74, 6) is -1.78. The molecule has 0 radical (unpaired) electrons. The third-order valence-corrected chi connectivity index (χ3v) is 3.77. The van der Waals surface area contributed by atoms with E-state index in [1.165, 1.54) is 10.6 Å². The van der Waals surface area contributed by atoms with Crippen LogP contribution in [-0.2, 0) is 0 Å². The SMILES string of the molecule is Cc1ccc(-n2c(=S)[nH]c3ccc(F)c(F)c32)cc1C. The molecule has 20 heavy (non-hydrogen) atoms. The van der Waals surface area contributed by atoms with Gasteiger partial charge in [0, 0.05) is 5.69 Å². The molecule has 1 aromatic heterocycles. The van der Waals surface area contributed by atoms with Crippen molar-refractivity contribution in [3.63, 3.8) is 0 Å². The fraction of sp³-hybridized carbons (Fsp3) is 0.133. The van der Waals surface area contributed by atoms with Gasteiger partial charge in [0.15, 0.2) is 16.4 Å². The number of aromatic nitrogens is 2. The number of hydrogen-bond acceptors (Lipinski definition) is 1. The standard InChI is InChI=1S/C15H12F2N2S/c1-8-3-4-10(7-9(8)2)19-14-12(18-15(19)20)6-5-11(16)13(14)17/h3-7H,1-2H3,(H,18,20). The summed E-state index contributed by atoms with van der Waals surface area (Å²) >= 11 is 5.23. The van der Waals surface area contributed by atoms with E-state index in [9.17, 15) is 8.78 Å². The molecule has 2 aromatic carbocycles. The Morgan fingerprint density at radius 1 is 1.05 bits per heavy atom. The van der Waals surface area contributed by atoms with Crippen LogP contribution in [0, 0.1) is 30.3 Å². The molecule has 102 valence electrons. The summed E-state index contributed by atoms with van der Waals surface area (Å²) in [6, 6.07) is 8.26. The van der Waals surface area contributed by atoms with E-state index >= 15 is 0 Å². The number of H-pyrrole nitrogens is 1. The molecule has 3 aromatic rings. The maximum absolute atomic E-state index is 14.1. The quantitative estimate of drug-likeness (QED) is 0.650. The van der Waals surface area contributed by atoms with Gasteiger partial charge in [-0.3, -0.25) is 4.57 Å². The summed E-state index contributed by atoms with van der Waals surface area (Å²) in [7, 11) is 0. The first-order valence-corrected chi connectivity index (χ1v) is 6.56. The van der Waals surface area contributed by atoms with E-state index < -0.39 is 11.6 Å². The number of aryl methyl sites for hydroxylation is 2. The van der Waals surface area contributed by atoms with Crippen molar-refractivity contribution in [3.05, 3.63) is 57.9 Å². The van der Waals surface area contributed by atoms with Gasteiger partial charge < -0.3 is 4.98 Å². The molecule has 0 amide bonds. The lowest BCUT2D eigenvalue weighted by Gasteiger charge is -2.08. The Balaban J connectivity index is 2.41. The Labute approximate surface area is 119 Å². The zero-order valence-electron chi connectivity index (χ0n) is 11.0. The highest BCUT2D eigenvalue weighted by atomic mass is 32.1. The van der Waals surface area contributed by atoms with Crippen molar-refractivity contribution in [2.24, 2.45) is 0 Å². The van der Waals surface area contributed by atoms with Gasteiger partial charge in [0.1, 0.15) is 5.52 Å². The van der Waals surface area contributed by atoms with E-state index in [4.69, 9.17) is 12.2 Å². The minimum atomic E-state index is -0.895. The molecule has 1 N–H and O–H groups in total. The second-order valence-electron chi connectivity index (χ2n) is 4.79. The van der Waals surface area contributed by atoms with E-state index in [1.807, 2.05) is 32.0 Å². The van der Waals surface area contributed by atoms with Crippen LogP contribution in [0.3, 0.4) is 0 Å². The summed E-state index contributed by atoms with van der Waals surface area (Å²) < 4.78 is 29.4. The first-order valence-electron chi connectivity index (χ1n) is 6.15. The lowest BCUT2D eigenvalue weighted by molar-refractivity contribution is 0.514. The fourth-order valence-electron chi connectivity index (χ4n) is 2.24. The highest BCUT2D eigenvalue weighted by Gasteiger charge is 2.15. The molecule has 0 fully saturated rings. The number of rotatable bonds is 1. The topological polar surface area (TPSA) is 20.7 Å². The van der Waals surface area contributed by atoms with Gasteiger partial charge in [0.05, 0.1) is 5.52 Å². The van der Waals surface area contributed by atoms with Gasteiger partial charge in [0.25, 0.3) is 0 Å². The number of aromatic amines is 1. The highest BCUT2D eigenvalue weighted by Crippen LogP contribution is 2.25. The van der Waals surface area contributed by atoms with Crippen molar-refractivity contribution in [3.8, 4) is 5.69 Å². The summed E-state index contributed by atoms with van der Waals surface area (Å²) in [4.78, 5) is 2.90. The number of nitrogens with one attached hydrogen (secondary N) is 1. The Morgan fingerprint density at radius 3 is 2.50 bits per heavy atom. The van der Waals surface area contributed by atoms with E-state index in [1.54, 1.807) is 0 Å². The molecule has 0 aliphatic carbocycles. The van der Waals surface area contributed by atoms with Crippen LogP contribution in [0.5, 0.6) is 0 Å². The highest BCUT2D eigenvalue weighted by molar-refractivity contribution is 7.71. The number of imidazole rings is 1. The summed E-state index contributed by atoms with van der Waals surface area (Å²) in [6.45, 7) is 3.96. The van der Waals surface area contributed by atoms with Crippen LogP contribution in [0.2, 0.25) is 0 Å². The second kappa shape index (κ2) is 4.52. The van der Waals surface area contributed by atoms with Gasteiger partial charge in [0.2, 0.25) is 0 Å². The Hall–Kier alpha value is -2.01.